The highest BCUT2D eigenvalue weighted by Gasteiger charge is 2.37. The summed E-state index contributed by atoms with van der Waals surface area (Å²) in [5, 5.41) is 11.2. The first-order valence-corrected chi connectivity index (χ1v) is 7.37. The van der Waals surface area contributed by atoms with Crippen LogP contribution in [0, 0.1) is 0 Å². The SMILES string of the molecule is NNC(=O)[C@@H]1CCCN1C(=O)[C@H](Cc1ccccc1)NC(=O)O. The molecule has 1 aromatic carbocycles. The van der Waals surface area contributed by atoms with E-state index in [0.29, 0.717) is 19.4 Å². The van der Waals surface area contributed by atoms with Crippen LogP contribution >= 0.6 is 0 Å². The van der Waals surface area contributed by atoms with Crippen molar-refractivity contribution in [3.63, 3.8) is 0 Å². The third-order valence-electron chi connectivity index (χ3n) is 3.86. The second-order valence-electron chi connectivity index (χ2n) is 5.39. The fraction of sp³-hybridized carbons (Fsp3) is 0.400. The molecule has 8 nitrogen and oxygen atoms in total. The largest absolute Gasteiger partial charge is 0.465 e. The average Bonchev–Trinajstić information content (AvgIpc) is 3.03. The summed E-state index contributed by atoms with van der Waals surface area (Å²) in [6, 6.07) is 7.52. The van der Waals surface area contributed by atoms with E-state index in [1.165, 1.54) is 4.90 Å². The Labute approximate surface area is 133 Å². The molecule has 0 bridgehead atoms. The third-order valence-corrected chi connectivity index (χ3v) is 3.86. The van der Waals surface area contributed by atoms with E-state index in [2.05, 4.69) is 10.7 Å². The Kier molecular flexibility index (Phi) is 5.53. The van der Waals surface area contributed by atoms with Crippen molar-refractivity contribution in [3.05, 3.63) is 35.9 Å². The highest BCUT2D eigenvalue weighted by molar-refractivity contribution is 5.91. The summed E-state index contributed by atoms with van der Waals surface area (Å²) in [5.74, 6) is 4.29. The topological polar surface area (TPSA) is 125 Å². The Balaban J connectivity index is 2.15. The lowest BCUT2D eigenvalue weighted by molar-refractivity contribution is -0.139. The van der Waals surface area contributed by atoms with Crippen LogP contribution in [0.4, 0.5) is 4.79 Å². The molecule has 0 unspecified atom stereocenters. The second-order valence-corrected chi connectivity index (χ2v) is 5.39. The summed E-state index contributed by atoms with van der Waals surface area (Å²) < 4.78 is 0. The number of carbonyl (C=O) groups is 3. The number of rotatable bonds is 5. The summed E-state index contributed by atoms with van der Waals surface area (Å²) in [4.78, 5) is 36.9. The van der Waals surface area contributed by atoms with Gasteiger partial charge in [0.25, 0.3) is 5.91 Å². The Bertz CT molecular complexity index is 578. The fourth-order valence-electron chi connectivity index (χ4n) is 2.80. The number of nitrogens with one attached hydrogen (secondary N) is 2. The highest BCUT2D eigenvalue weighted by atomic mass is 16.4. The minimum absolute atomic E-state index is 0.222. The van der Waals surface area contributed by atoms with Gasteiger partial charge in [0.2, 0.25) is 5.91 Å². The molecule has 8 heteroatoms. The lowest BCUT2D eigenvalue weighted by atomic mass is 10.0. The minimum Gasteiger partial charge on any atom is -0.465 e. The zero-order valence-electron chi connectivity index (χ0n) is 12.6. The van der Waals surface area contributed by atoms with Gasteiger partial charge >= 0.3 is 6.09 Å². The first-order valence-electron chi connectivity index (χ1n) is 7.37. The van der Waals surface area contributed by atoms with E-state index in [9.17, 15) is 14.4 Å². The van der Waals surface area contributed by atoms with Gasteiger partial charge < -0.3 is 15.3 Å². The minimum atomic E-state index is -1.28. The standard InChI is InChI=1S/C15H20N4O4/c16-18-13(20)12-7-4-8-19(12)14(21)11(17-15(22)23)9-10-5-2-1-3-6-10/h1-3,5-6,11-12,17H,4,7-9,16H2,(H,18,20)(H,22,23)/t11-,12-/m0/s1. The fourth-order valence-corrected chi connectivity index (χ4v) is 2.80. The van der Waals surface area contributed by atoms with Crippen LogP contribution in [0.3, 0.4) is 0 Å². The van der Waals surface area contributed by atoms with Crippen LogP contribution in [0.1, 0.15) is 18.4 Å². The van der Waals surface area contributed by atoms with Crippen molar-refractivity contribution in [2.24, 2.45) is 5.84 Å². The number of amides is 3. The molecule has 2 rings (SSSR count). The molecule has 2 atom stereocenters. The van der Waals surface area contributed by atoms with Gasteiger partial charge in [0.05, 0.1) is 0 Å². The van der Waals surface area contributed by atoms with E-state index < -0.39 is 30.0 Å². The number of hydrogen-bond acceptors (Lipinski definition) is 4. The molecule has 0 aromatic heterocycles. The van der Waals surface area contributed by atoms with Gasteiger partial charge in [-0.15, -0.1) is 0 Å². The molecule has 124 valence electrons. The van der Waals surface area contributed by atoms with E-state index in [1.807, 2.05) is 30.3 Å². The van der Waals surface area contributed by atoms with E-state index in [-0.39, 0.29) is 6.42 Å². The average molecular weight is 320 g/mol. The number of likely N-dealkylation sites (tertiary alicyclic amines) is 1. The molecule has 1 heterocycles. The summed E-state index contributed by atoms with van der Waals surface area (Å²) in [7, 11) is 0. The van der Waals surface area contributed by atoms with Gasteiger partial charge in [-0.2, -0.15) is 0 Å². The molecule has 0 spiro atoms. The van der Waals surface area contributed by atoms with Crippen LogP contribution in [0.25, 0.3) is 0 Å². The Hall–Kier alpha value is -2.61. The molecule has 0 aliphatic carbocycles. The van der Waals surface area contributed by atoms with E-state index in [4.69, 9.17) is 10.9 Å². The van der Waals surface area contributed by atoms with Crippen molar-refractivity contribution >= 4 is 17.9 Å². The molecule has 1 fully saturated rings. The second kappa shape index (κ2) is 7.59. The van der Waals surface area contributed by atoms with Crippen molar-refractivity contribution < 1.29 is 19.5 Å². The van der Waals surface area contributed by atoms with E-state index in [1.54, 1.807) is 0 Å². The molecule has 1 aliphatic heterocycles. The van der Waals surface area contributed by atoms with Crippen LogP contribution in [0.15, 0.2) is 30.3 Å². The number of nitrogens with two attached hydrogens (primary N) is 1. The van der Waals surface area contributed by atoms with Crippen molar-refractivity contribution in [2.45, 2.75) is 31.3 Å². The Morgan fingerprint density at radius 1 is 1.30 bits per heavy atom. The predicted molar refractivity (Wildman–Crippen MR) is 82.2 cm³/mol. The van der Waals surface area contributed by atoms with Crippen LogP contribution < -0.4 is 16.6 Å². The number of carbonyl (C=O) groups excluding carboxylic acids is 2. The summed E-state index contributed by atoms with van der Waals surface area (Å²) in [6.07, 6.45) is 0.132. The third kappa shape index (κ3) is 4.19. The van der Waals surface area contributed by atoms with Gasteiger partial charge in [-0.1, -0.05) is 30.3 Å². The van der Waals surface area contributed by atoms with Crippen LogP contribution in [-0.4, -0.2) is 46.5 Å². The van der Waals surface area contributed by atoms with E-state index in [0.717, 1.165) is 5.56 Å². The van der Waals surface area contributed by atoms with Gasteiger partial charge in [0.15, 0.2) is 0 Å². The Morgan fingerprint density at radius 2 is 2.00 bits per heavy atom. The van der Waals surface area contributed by atoms with Crippen molar-refractivity contribution in [2.75, 3.05) is 6.54 Å². The molecule has 1 aromatic rings. The van der Waals surface area contributed by atoms with Gasteiger partial charge in [0.1, 0.15) is 12.1 Å². The first kappa shape index (κ1) is 16.8. The molecular formula is C15H20N4O4. The molecular weight excluding hydrogens is 300 g/mol. The number of nitrogens with zero attached hydrogens (tertiary/aromatic N) is 1. The van der Waals surface area contributed by atoms with Crippen molar-refractivity contribution in [1.29, 1.82) is 0 Å². The maximum atomic E-state index is 12.7. The first-order chi connectivity index (χ1) is 11.0. The van der Waals surface area contributed by atoms with Crippen LogP contribution in [0.2, 0.25) is 0 Å². The molecule has 3 amide bonds. The summed E-state index contributed by atoms with van der Waals surface area (Å²) in [6.45, 7) is 0.406. The number of hydrogen-bond donors (Lipinski definition) is 4. The van der Waals surface area contributed by atoms with E-state index >= 15 is 0 Å². The smallest absolute Gasteiger partial charge is 0.405 e. The molecule has 1 aliphatic rings. The molecule has 0 radical (unpaired) electrons. The normalized spacial score (nSPS) is 18.3. The van der Waals surface area contributed by atoms with Crippen LogP contribution in [-0.2, 0) is 16.0 Å². The quantitative estimate of drug-likeness (QED) is 0.341. The predicted octanol–water partition coefficient (Wildman–Crippen LogP) is -0.154. The molecule has 23 heavy (non-hydrogen) atoms. The van der Waals surface area contributed by atoms with Gasteiger partial charge in [-0.05, 0) is 18.4 Å². The molecule has 1 saturated heterocycles. The lowest BCUT2D eigenvalue weighted by Crippen LogP contribution is -2.54. The Morgan fingerprint density at radius 3 is 2.61 bits per heavy atom. The number of carboxylic acid groups (broad SMARTS) is 1. The number of hydrazine groups is 1. The number of benzene rings is 1. The highest BCUT2D eigenvalue weighted by Crippen LogP contribution is 2.19. The van der Waals surface area contributed by atoms with Crippen molar-refractivity contribution in [3.8, 4) is 0 Å². The summed E-state index contributed by atoms with van der Waals surface area (Å²) in [5.41, 5.74) is 2.88. The zero-order valence-corrected chi connectivity index (χ0v) is 12.6. The molecule has 5 N–H and O–H groups in total. The van der Waals surface area contributed by atoms with Gasteiger partial charge in [-0.25, -0.2) is 10.6 Å². The monoisotopic (exact) mass is 320 g/mol. The maximum absolute atomic E-state index is 12.7. The van der Waals surface area contributed by atoms with Gasteiger partial charge in [-0.3, -0.25) is 15.0 Å². The maximum Gasteiger partial charge on any atom is 0.405 e. The van der Waals surface area contributed by atoms with Crippen molar-refractivity contribution in [1.82, 2.24) is 15.6 Å². The lowest BCUT2D eigenvalue weighted by Gasteiger charge is -2.27. The summed E-state index contributed by atoms with van der Waals surface area (Å²) >= 11 is 0. The molecule has 0 saturated carbocycles. The zero-order chi connectivity index (χ0) is 16.8. The van der Waals surface area contributed by atoms with Crippen LogP contribution in [0.5, 0.6) is 0 Å². The van der Waals surface area contributed by atoms with Gasteiger partial charge in [0, 0.05) is 13.0 Å².